The molecule has 0 aromatic rings. The number of esters is 1. The van der Waals surface area contributed by atoms with Gasteiger partial charge in [-0.05, 0) is 24.7 Å². The molecular weight excluding hydrogens is 164 g/mol. The van der Waals surface area contributed by atoms with E-state index in [1.807, 2.05) is 6.92 Å². The number of ether oxygens (including phenoxy) is 1. The zero-order valence-electron chi connectivity index (χ0n) is 9.46. The first-order chi connectivity index (χ1) is 5.99. The molecule has 0 heterocycles. The van der Waals surface area contributed by atoms with E-state index in [-0.39, 0.29) is 5.97 Å². The first kappa shape index (κ1) is 12.5. The fourth-order valence-electron chi connectivity index (χ4n) is 1.65. The van der Waals surface area contributed by atoms with Crippen LogP contribution in [0.3, 0.4) is 0 Å². The van der Waals surface area contributed by atoms with Crippen molar-refractivity contribution in [3.05, 3.63) is 0 Å². The summed E-state index contributed by atoms with van der Waals surface area (Å²) in [6.07, 6.45) is 0.559. The Kier molecular flexibility index (Phi) is 5.76. The quantitative estimate of drug-likeness (QED) is 0.617. The molecule has 0 fully saturated rings. The lowest BCUT2D eigenvalue weighted by Gasteiger charge is -2.23. The Balaban J connectivity index is 4.02. The molecule has 0 N–H and O–H groups in total. The Bertz CT molecular complexity index is 142. The number of rotatable bonds is 5. The van der Waals surface area contributed by atoms with Gasteiger partial charge in [0.15, 0.2) is 0 Å². The summed E-state index contributed by atoms with van der Waals surface area (Å²) in [7, 11) is 0. The van der Waals surface area contributed by atoms with Crippen molar-refractivity contribution in [2.45, 2.75) is 41.0 Å². The van der Waals surface area contributed by atoms with Crippen molar-refractivity contribution in [2.75, 3.05) is 6.61 Å². The summed E-state index contributed by atoms with van der Waals surface area (Å²) >= 11 is 0. The van der Waals surface area contributed by atoms with Gasteiger partial charge in [0, 0.05) is 6.42 Å². The Morgan fingerprint density at radius 3 is 1.92 bits per heavy atom. The van der Waals surface area contributed by atoms with Gasteiger partial charge in [-0.2, -0.15) is 0 Å². The van der Waals surface area contributed by atoms with Gasteiger partial charge < -0.3 is 4.74 Å². The van der Waals surface area contributed by atoms with Crippen molar-refractivity contribution < 1.29 is 9.53 Å². The monoisotopic (exact) mass is 186 g/mol. The lowest BCUT2D eigenvalue weighted by molar-refractivity contribution is -0.145. The van der Waals surface area contributed by atoms with Crippen molar-refractivity contribution in [1.29, 1.82) is 0 Å². The molecule has 0 spiro atoms. The van der Waals surface area contributed by atoms with E-state index in [1.54, 1.807) is 0 Å². The summed E-state index contributed by atoms with van der Waals surface area (Å²) in [5, 5.41) is 0. The molecular formula is C11H22O2. The van der Waals surface area contributed by atoms with Gasteiger partial charge in [-0.15, -0.1) is 0 Å². The van der Waals surface area contributed by atoms with Crippen LogP contribution in [0.2, 0.25) is 0 Å². The number of carbonyl (C=O) groups is 1. The highest BCUT2D eigenvalue weighted by molar-refractivity contribution is 5.69. The van der Waals surface area contributed by atoms with Crippen LogP contribution in [-0.4, -0.2) is 12.6 Å². The molecule has 78 valence electrons. The van der Waals surface area contributed by atoms with Crippen LogP contribution in [-0.2, 0) is 9.53 Å². The summed E-state index contributed by atoms with van der Waals surface area (Å²) < 4.78 is 4.93. The van der Waals surface area contributed by atoms with Crippen LogP contribution in [0.15, 0.2) is 0 Å². The maximum atomic E-state index is 11.2. The van der Waals surface area contributed by atoms with E-state index >= 15 is 0 Å². The lowest BCUT2D eigenvalue weighted by atomic mass is 9.83. The maximum absolute atomic E-state index is 11.2. The summed E-state index contributed by atoms with van der Waals surface area (Å²) in [5.41, 5.74) is 0. The predicted molar refractivity (Wildman–Crippen MR) is 54.4 cm³/mol. The van der Waals surface area contributed by atoms with Crippen molar-refractivity contribution in [1.82, 2.24) is 0 Å². The second kappa shape index (κ2) is 6.01. The van der Waals surface area contributed by atoms with Gasteiger partial charge in [-0.25, -0.2) is 0 Å². The summed E-state index contributed by atoms with van der Waals surface area (Å²) in [5.74, 6) is 1.47. The van der Waals surface area contributed by atoms with Crippen molar-refractivity contribution in [3.63, 3.8) is 0 Å². The van der Waals surface area contributed by atoms with Crippen LogP contribution < -0.4 is 0 Å². The summed E-state index contributed by atoms with van der Waals surface area (Å²) in [6.45, 7) is 11.0. The van der Waals surface area contributed by atoms with E-state index in [9.17, 15) is 4.79 Å². The lowest BCUT2D eigenvalue weighted by Crippen LogP contribution is -2.20. The van der Waals surface area contributed by atoms with Gasteiger partial charge in [0.1, 0.15) is 0 Å². The normalized spacial score (nSPS) is 11.4. The third-order valence-electron chi connectivity index (χ3n) is 2.42. The average molecular weight is 186 g/mol. The van der Waals surface area contributed by atoms with Crippen LogP contribution in [0.25, 0.3) is 0 Å². The molecule has 0 bridgehead atoms. The van der Waals surface area contributed by atoms with Crippen molar-refractivity contribution >= 4 is 5.97 Å². The fraction of sp³-hybridized carbons (Fsp3) is 0.909. The van der Waals surface area contributed by atoms with Gasteiger partial charge in [-0.3, -0.25) is 4.79 Å². The molecule has 0 aliphatic heterocycles. The van der Waals surface area contributed by atoms with Crippen molar-refractivity contribution in [2.24, 2.45) is 17.8 Å². The Hall–Kier alpha value is -0.530. The molecule has 0 saturated carbocycles. The molecule has 0 saturated heterocycles. The molecule has 0 aromatic carbocycles. The van der Waals surface area contributed by atoms with Gasteiger partial charge in [0.2, 0.25) is 0 Å². The molecule has 0 rings (SSSR count). The van der Waals surface area contributed by atoms with Gasteiger partial charge >= 0.3 is 5.97 Å². The second-order valence-corrected chi connectivity index (χ2v) is 4.16. The Morgan fingerprint density at radius 1 is 1.15 bits per heavy atom. The minimum absolute atomic E-state index is 0.0603. The highest BCUT2D eigenvalue weighted by Gasteiger charge is 2.21. The van der Waals surface area contributed by atoms with E-state index in [0.717, 1.165) is 0 Å². The molecule has 0 atom stereocenters. The zero-order valence-corrected chi connectivity index (χ0v) is 9.46. The highest BCUT2D eigenvalue weighted by atomic mass is 16.5. The van der Waals surface area contributed by atoms with Gasteiger partial charge in [0.25, 0.3) is 0 Å². The van der Waals surface area contributed by atoms with E-state index in [0.29, 0.717) is 30.8 Å². The van der Waals surface area contributed by atoms with Crippen LogP contribution in [0.4, 0.5) is 0 Å². The molecule has 2 heteroatoms. The Labute approximate surface area is 81.7 Å². The zero-order chi connectivity index (χ0) is 10.4. The largest absolute Gasteiger partial charge is 0.466 e. The first-order valence-electron chi connectivity index (χ1n) is 5.14. The summed E-state index contributed by atoms with van der Waals surface area (Å²) in [4.78, 5) is 11.2. The van der Waals surface area contributed by atoms with E-state index < -0.39 is 0 Å². The molecule has 2 nitrogen and oxygen atoms in total. The third-order valence-corrected chi connectivity index (χ3v) is 2.42. The molecule has 0 amide bonds. The topological polar surface area (TPSA) is 26.3 Å². The average Bonchev–Trinajstić information content (AvgIpc) is 1.99. The van der Waals surface area contributed by atoms with Crippen LogP contribution >= 0.6 is 0 Å². The van der Waals surface area contributed by atoms with Gasteiger partial charge in [0.05, 0.1) is 6.61 Å². The molecule has 0 unspecified atom stereocenters. The maximum Gasteiger partial charge on any atom is 0.306 e. The molecule has 13 heavy (non-hydrogen) atoms. The van der Waals surface area contributed by atoms with E-state index in [2.05, 4.69) is 27.7 Å². The standard InChI is InChI=1S/C11H22O2/c1-6-13-11(12)7-10(8(2)3)9(4)5/h8-10H,6-7H2,1-5H3. The first-order valence-corrected chi connectivity index (χ1v) is 5.14. The van der Waals surface area contributed by atoms with Crippen LogP contribution in [0, 0.1) is 17.8 Å². The number of carbonyl (C=O) groups excluding carboxylic acids is 1. The van der Waals surface area contributed by atoms with Crippen molar-refractivity contribution in [3.8, 4) is 0 Å². The van der Waals surface area contributed by atoms with E-state index in [4.69, 9.17) is 4.74 Å². The Morgan fingerprint density at radius 2 is 1.62 bits per heavy atom. The molecule has 0 aliphatic rings. The van der Waals surface area contributed by atoms with Crippen LogP contribution in [0.5, 0.6) is 0 Å². The molecule has 0 radical (unpaired) electrons. The predicted octanol–water partition coefficient (Wildman–Crippen LogP) is 2.87. The fourth-order valence-corrected chi connectivity index (χ4v) is 1.65. The highest BCUT2D eigenvalue weighted by Crippen LogP contribution is 2.24. The third kappa shape index (κ3) is 4.91. The second-order valence-electron chi connectivity index (χ2n) is 4.16. The van der Waals surface area contributed by atoms with E-state index in [1.165, 1.54) is 0 Å². The smallest absolute Gasteiger partial charge is 0.306 e. The number of hydrogen-bond donors (Lipinski definition) is 0. The number of hydrogen-bond acceptors (Lipinski definition) is 2. The molecule has 0 aliphatic carbocycles. The molecule has 0 aromatic heterocycles. The SMILES string of the molecule is CCOC(=O)CC(C(C)C)C(C)C. The minimum atomic E-state index is -0.0603. The van der Waals surface area contributed by atoms with Crippen LogP contribution in [0.1, 0.15) is 41.0 Å². The minimum Gasteiger partial charge on any atom is -0.466 e. The summed E-state index contributed by atoms with van der Waals surface area (Å²) in [6, 6.07) is 0. The van der Waals surface area contributed by atoms with Gasteiger partial charge in [-0.1, -0.05) is 27.7 Å².